The van der Waals surface area contributed by atoms with Gasteiger partial charge in [0.15, 0.2) is 0 Å². The van der Waals surface area contributed by atoms with Gasteiger partial charge in [0.25, 0.3) is 0 Å². The molecule has 3 atom stereocenters. The third-order valence-electron chi connectivity index (χ3n) is 4.94. The van der Waals surface area contributed by atoms with Gasteiger partial charge in [0.2, 0.25) is 0 Å². The zero-order valence-electron chi connectivity index (χ0n) is 12.9. The molecule has 0 amide bonds. The van der Waals surface area contributed by atoms with Crippen molar-refractivity contribution in [1.29, 1.82) is 0 Å². The molecule has 0 radical (unpaired) electrons. The minimum atomic E-state index is -0.219. The molecule has 0 heterocycles. The first-order valence-electron chi connectivity index (χ1n) is 7.63. The van der Waals surface area contributed by atoms with Crippen LogP contribution >= 0.6 is 0 Å². The summed E-state index contributed by atoms with van der Waals surface area (Å²) in [6.45, 7) is 9.73. The zero-order valence-corrected chi connectivity index (χ0v) is 12.9. The van der Waals surface area contributed by atoms with Crippen molar-refractivity contribution in [2.24, 2.45) is 28.1 Å². The summed E-state index contributed by atoms with van der Waals surface area (Å²) in [6, 6.07) is 0.678. The largest absolute Gasteiger partial charge is 0.409 e. The predicted molar refractivity (Wildman–Crippen MR) is 80.4 cm³/mol. The highest BCUT2D eigenvalue weighted by Gasteiger charge is 2.31. The maximum absolute atomic E-state index is 8.74. The van der Waals surface area contributed by atoms with E-state index in [-0.39, 0.29) is 5.41 Å². The molecule has 1 fully saturated rings. The summed E-state index contributed by atoms with van der Waals surface area (Å²) < 4.78 is 0. The van der Waals surface area contributed by atoms with Crippen LogP contribution in [0.25, 0.3) is 0 Å². The fourth-order valence-electron chi connectivity index (χ4n) is 3.19. The second-order valence-corrected chi connectivity index (χ2v) is 6.64. The molecule has 3 unspecified atom stereocenters. The van der Waals surface area contributed by atoms with Crippen LogP contribution in [0, 0.1) is 17.3 Å². The van der Waals surface area contributed by atoms with E-state index in [4.69, 9.17) is 10.9 Å². The molecule has 1 rings (SSSR count). The highest BCUT2D eigenvalue weighted by molar-refractivity contribution is 5.85. The topological polar surface area (TPSA) is 70.6 Å². The van der Waals surface area contributed by atoms with Gasteiger partial charge in [-0.05, 0) is 44.1 Å². The van der Waals surface area contributed by atoms with Crippen molar-refractivity contribution >= 4 is 5.84 Å². The minimum Gasteiger partial charge on any atom is -0.409 e. The van der Waals surface area contributed by atoms with E-state index in [0.717, 1.165) is 31.2 Å². The molecule has 0 aromatic rings. The fraction of sp³-hybridized carbons (Fsp3) is 0.933. The second kappa shape index (κ2) is 7.13. The molecule has 4 N–H and O–H groups in total. The average Bonchev–Trinajstić information content (AvgIpc) is 2.74. The molecule has 0 saturated heterocycles. The minimum absolute atomic E-state index is 0.219. The average molecular weight is 269 g/mol. The third-order valence-corrected chi connectivity index (χ3v) is 4.94. The van der Waals surface area contributed by atoms with E-state index in [1.165, 1.54) is 19.3 Å². The van der Waals surface area contributed by atoms with Crippen LogP contribution < -0.4 is 11.1 Å². The quantitative estimate of drug-likeness (QED) is 0.219. The number of nitrogens with zero attached hydrogens (tertiary/aromatic N) is 1. The van der Waals surface area contributed by atoms with Crippen molar-refractivity contribution in [3.8, 4) is 0 Å². The molecule has 1 aliphatic rings. The molecule has 1 aliphatic carbocycles. The Morgan fingerprint density at radius 3 is 2.63 bits per heavy atom. The first-order chi connectivity index (χ1) is 8.92. The molecule has 0 aromatic heterocycles. The van der Waals surface area contributed by atoms with Crippen LogP contribution in [0.1, 0.15) is 59.8 Å². The molecular formula is C15H31N3O. The Bertz CT molecular complexity index is 302. The Hall–Kier alpha value is -0.770. The number of rotatable bonds is 7. The third kappa shape index (κ3) is 4.37. The van der Waals surface area contributed by atoms with Crippen LogP contribution in [0.2, 0.25) is 0 Å². The monoisotopic (exact) mass is 269 g/mol. The van der Waals surface area contributed by atoms with Crippen molar-refractivity contribution in [2.75, 3.05) is 6.54 Å². The van der Waals surface area contributed by atoms with Gasteiger partial charge >= 0.3 is 0 Å². The van der Waals surface area contributed by atoms with Gasteiger partial charge in [-0.2, -0.15) is 0 Å². The molecule has 4 nitrogen and oxygen atoms in total. The molecule has 112 valence electrons. The maximum atomic E-state index is 8.74. The van der Waals surface area contributed by atoms with Crippen LogP contribution in [-0.4, -0.2) is 23.6 Å². The number of oxime groups is 1. The zero-order chi connectivity index (χ0) is 14.5. The van der Waals surface area contributed by atoms with Gasteiger partial charge < -0.3 is 16.3 Å². The highest BCUT2D eigenvalue weighted by Crippen LogP contribution is 2.33. The summed E-state index contributed by atoms with van der Waals surface area (Å²) in [7, 11) is 0. The molecular weight excluding hydrogens is 238 g/mol. The molecule has 1 saturated carbocycles. The number of amidine groups is 1. The Labute approximate surface area is 117 Å². The van der Waals surface area contributed by atoms with E-state index >= 15 is 0 Å². The second-order valence-electron chi connectivity index (χ2n) is 6.64. The normalized spacial score (nSPS) is 28.8. The van der Waals surface area contributed by atoms with Gasteiger partial charge in [-0.1, -0.05) is 39.3 Å². The van der Waals surface area contributed by atoms with E-state index in [0.29, 0.717) is 11.9 Å². The van der Waals surface area contributed by atoms with Gasteiger partial charge in [-0.15, -0.1) is 0 Å². The smallest absolute Gasteiger partial charge is 0.144 e. The summed E-state index contributed by atoms with van der Waals surface area (Å²) in [5.74, 6) is 2.01. The Kier molecular flexibility index (Phi) is 6.11. The van der Waals surface area contributed by atoms with Gasteiger partial charge in [-0.3, -0.25) is 0 Å². The van der Waals surface area contributed by atoms with Crippen LogP contribution in [0.4, 0.5) is 0 Å². The lowest BCUT2D eigenvalue weighted by molar-refractivity contribution is 0.302. The van der Waals surface area contributed by atoms with Crippen molar-refractivity contribution in [2.45, 2.75) is 65.8 Å². The van der Waals surface area contributed by atoms with E-state index < -0.39 is 0 Å². The van der Waals surface area contributed by atoms with E-state index in [2.05, 4.69) is 24.3 Å². The van der Waals surface area contributed by atoms with Crippen LogP contribution in [0.5, 0.6) is 0 Å². The van der Waals surface area contributed by atoms with Crippen LogP contribution in [0.3, 0.4) is 0 Å². The summed E-state index contributed by atoms with van der Waals surface area (Å²) in [5, 5.41) is 15.5. The highest BCUT2D eigenvalue weighted by atomic mass is 16.4. The van der Waals surface area contributed by atoms with Crippen LogP contribution in [-0.2, 0) is 0 Å². The van der Waals surface area contributed by atoms with Crippen molar-refractivity contribution in [1.82, 2.24) is 5.32 Å². The molecule has 19 heavy (non-hydrogen) atoms. The SMILES string of the molecule is CCC1CCC(NCCCC(C)(C)C(N)=NO)C1C. The molecule has 0 aromatic carbocycles. The lowest BCUT2D eigenvalue weighted by Gasteiger charge is -2.24. The standard InChI is InChI=1S/C15H31N3O/c1-5-12-7-8-13(11(12)2)17-10-6-9-15(3,4)14(16)18-19/h11-13,17,19H,5-10H2,1-4H3,(H2,16,18). The molecule has 0 bridgehead atoms. The van der Waals surface area contributed by atoms with Crippen molar-refractivity contribution in [3.05, 3.63) is 0 Å². The van der Waals surface area contributed by atoms with Crippen LogP contribution in [0.15, 0.2) is 5.16 Å². The van der Waals surface area contributed by atoms with Crippen molar-refractivity contribution < 1.29 is 5.21 Å². The first kappa shape index (κ1) is 16.3. The van der Waals surface area contributed by atoms with E-state index in [1.54, 1.807) is 0 Å². The fourth-order valence-corrected chi connectivity index (χ4v) is 3.19. The molecule has 4 heteroatoms. The van der Waals surface area contributed by atoms with E-state index in [1.807, 2.05) is 13.8 Å². The summed E-state index contributed by atoms with van der Waals surface area (Å²) >= 11 is 0. The number of hydrogen-bond donors (Lipinski definition) is 3. The van der Waals surface area contributed by atoms with E-state index in [9.17, 15) is 0 Å². The molecule has 0 aliphatic heterocycles. The van der Waals surface area contributed by atoms with Gasteiger partial charge in [0.05, 0.1) is 0 Å². The summed E-state index contributed by atoms with van der Waals surface area (Å²) in [4.78, 5) is 0. The van der Waals surface area contributed by atoms with Gasteiger partial charge in [0.1, 0.15) is 5.84 Å². The van der Waals surface area contributed by atoms with Gasteiger partial charge in [-0.25, -0.2) is 0 Å². The Morgan fingerprint density at radius 1 is 1.42 bits per heavy atom. The number of nitrogens with two attached hydrogens (primary N) is 1. The Balaban J connectivity index is 2.25. The number of nitrogens with one attached hydrogen (secondary N) is 1. The molecule has 0 spiro atoms. The van der Waals surface area contributed by atoms with Gasteiger partial charge in [0, 0.05) is 11.5 Å². The first-order valence-corrected chi connectivity index (χ1v) is 7.63. The summed E-state index contributed by atoms with van der Waals surface area (Å²) in [5.41, 5.74) is 5.47. The summed E-state index contributed by atoms with van der Waals surface area (Å²) in [6.07, 6.45) is 5.97. The Morgan fingerprint density at radius 2 is 2.11 bits per heavy atom. The lowest BCUT2D eigenvalue weighted by Crippen LogP contribution is -2.35. The lowest BCUT2D eigenvalue weighted by atomic mass is 9.86. The van der Waals surface area contributed by atoms with Crippen molar-refractivity contribution in [3.63, 3.8) is 0 Å². The predicted octanol–water partition coefficient (Wildman–Crippen LogP) is 2.95. The number of hydrogen-bond acceptors (Lipinski definition) is 3. The maximum Gasteiger partial charge on any atom is 0.144 e.